The number of aliphatic imine (C=N–C) groups is 1. The maximum absolute atomic E-state index is 12.9. The minimum Gasteiger partial charge on any atom is -0.381 e. The van der Waals surface area contributed by atoms with E-state index in [1.165, 1.54) is 13.2 Å². The number of aromatic nitrogens is 2. The van der Waals surface area contributed by atoms with Gasteiger partial charge in [-0.05, 0) is 12.3 Å². The second-order valence-electron chi connectivity index (χ2n) is 5.85. The standard InChI is InChI=1S/C15H26F3N5O/c1-11(2)10-24-7-5-6-20-14(19-3)21-8-12-9-23(4)22-13(12)15(16,17)18/h9,11H,5-8,10H2,1-4H3,(H2,19,20,21). The molecular weight excluding hydrogens is 323 g/mol. The summed E-state index contributed by atoms with van der Waals surface area (Å²) >= 11 is 0. The van der Waals surface area contributed by atoms with Crippen LogP contribution in [-0.4, -0.2) is 42.5 Å². The Hall–Kier alpha value is -1.77. The third-order valence-electron chi connectivity index (χ3n) is 3.05. The number of ether oxygens (including phenoxy) is 1. The molecule has 1 aromatic rings. The molecule has 0 spiro atoms. The van der Waals surface area contributed by atoms with Crippen LogP contribution in [0.25, 0.3) is 0 Å². The predicted molar refractivity (Wildman–Crippen MR) is 86.7 cm³/mol. The molecule has 0 unspecified atom stereocenters. The van der Waals surface area contributed by atoms with E-state index in [0.29, 0.717) is 31.6 Å². The van der Waals surface area contributed by atoms with Crippen LogP contribution in [0.3, 0.4) is 0 Å². The SMILES string of the molecule is CN=C(NCCCOCC(C)C)NCc1cn(C)nc1C(F)(F)F. The van der Waals surface area contributed by atoms with E-state index in [2.05, 4.69) is 34.6 Å². The number of halogens is 3. The average Bonchev–Trinajstić information content (AvgIpc) is 2.86. The Balaban J connectivity index is 2.40. The van der Waals surface area contributed by atoms with E-state index in [1.54, 1.807) is 7.05 Å². The Labute approximate surface area is 140 Å². The van der Waals surface area contributed by atoms with Crippen LogP contribution < -0.4 is 10.6 Å². The minimum atomic E-state index is -4.47. The summed E-state index contributed by atoms with van der Waals surface area (Å²) in [5.41, 5.74) is -0.803. The van der Waals surface area contributed by atoms with Crippen molar-refractivity contribution < 1.29 is 17.9 Å². The van der Waals surface area contributed by atoms with Crippen molar-refractivity contribution in [3.8, 4) is 0 Å². The zero-order valence-corrected chi connectivity index (χ0v) is 14.6. The van der Waals surface area contributed by atoms with Crippen molar-refractivity contribution in [2.75, 3.05) is 26.8 Å². The first-order valence-electron chi connectivity index (χ1n) is 7.86. The highest BCUT2D eigenvalue weighted by atomic mass is 19.4. The van der Waals surface area contributed by atoms with Gasteiger partial charge >= 0.3 is 6.18 Å². The van der Waals surface area contributed by atoms with Gasteiger partial charge in [0.05, 0.1) is 0 Å². The van der Waals surface area contributed by atoms with E-state index in [9.17, 15) is 13.2 Å². The molecule has 1 heterocycles. The van der Waals surface area contributed by atoms with Gasteiger partial charge in [0.25, 0.3) is 0 Å². The molecule has 0 aliphatic rings. The Bertz CT molecular complexity index is 526. The van der Waals surface area contributed by atoms with Crippen LogP contribution in [0.4, 0.5) is 13.2 Å². The van der Waals surface area contributed by atoms with Crippen molar-refractivity contribution in [2.24, 2.45) is 18.0 Å². The average molecular weight is 349 g/mol. The summed E-state index contributed by atoms with van der Waals surface area (Å²) in [4.78, 5) is 3.99. The molecule has 138 valence electrons. The summed E-state index contributed by atoms with van der Waals surface area (Å²) in [6.07, 6.45) is -2.33. The molecule has 0 atom stereocenters. The Morgan fingerprint density at radius 3 is 2.67 bits per heavy atom. The zero-order valence-electron chi connectivity index (χ0n) is 14.6. The van der Waals surface area contributed by atoms with Crippen LogP contribution in [0.2, 0.25) is 0 Å². The highest BCUT2D eigenvalue weighted by molar-refractivity contribution is 5.79. The Morgan fingerprint density at radius 1 is 1.38 bits per heavy atom. The van der Waals surface area contributed by atoms with Crippen molar-refractivity contribution in [3.05, 3.63) is 17.5 Å². The van der Waals surface area contributed by atoms with Crippen LogP contribution in [0.5, 0.6) is 0 Å². The third kappa shape index (κ3) is 7.20. The van der Waals surface area contributed by atoms with Gasteiger partial charge in [0, 0.05) is 52.2 Å². The second-order valence-corrected chi connectivity index (χ2v) is 5.85. The first-order valence-corrected chi connectivity index (χ1v) is 7.86. The molecule has 2 N–H and O–H groups in total. The van der Waals surface area contributed by atoms with Gasteiger partial charge in [-0.2, -0.15) is 18.3 Å². The number of nitrogens with zero attached hydrogens (tertiary/aromatic N) is 3. The monoisotopic (exact) mass is 349 g/mol. The number of guanidine groups is 1. The number of nitrogens with one attached hydrogen (secondary N) is 2. The van der Waals surface area contributed by atoms with Crippen LogP contribution in [0.1, 0.15) is 31.5 Å². The number of hydrogen-bond donors (Lipinski definition) is 2. The van der Waals surface area contributed by atoms with Crippen molar-refractivity contribution in [1.29, 1.82) is 0 Å². The van der Waals surface area contributed by atoms with E-state index < -0.39 is 11.9 Å². The quantitative estimate of drug-likeness (QED) is 0.429. The molecule has 0 radical (unpaired) electrons. The molecule has 1 rings (SSSR count). The van der Waals surface area contributed by atoms with Gasteiger partial charge in [-0.3, -0.25) is 9.67 Å². The molecule has 1 aromatic heterocycles. The lowest BCUT2D eigenvalue weighted by atomic mass is 10.2. The lowest BCUT2D eigenvalue weighted by molar-refractivity contribution is -0.142. The molecule has 0 aliphatic heterocycles. The summed E-state index contributed by atoms with van der Waals surface area (Å²) in [5.74, 6) is 0.936. The number of alkyl halides is 3. The van der Waals surface area contributed by atoms with Gasteiger partial charge in [-0.1, -0.05) is 13.8 Å². The number of aryl methyl sites for hydroxylation is 1. The second kappa shape index (κ2) is 9.51. The molecule has 0 amide bonds. The molecule has 0 saturated carbocycles. The zero-order chi connectivity index (χ0) is 18.2. The normalized spacial score (nSPS) is 12.8. The van der Waals surface area contributed by atoms with Crippen LogP contribution >= 0.6 is 0 Å². The fourth-order valence-corrected chi connectivity index (χ4v) is 2.01. The molecular formula is C15H26F3N5O. The van der Waals surface area contributed by atoms with Crippen molar-refractivity contribution in [2.45, 2.75) is 33.0 Å². The number of hydrogen-bond acceptors (Lipinski definition) is 3. The van der Waals surface area contributed by atoms with Crippen molar-refractivity contribution >= 4 is 5.96 Å². The largest absolute Gasteiger partial charge is 0.435 e. The fraction of sp³-hybridized carbons (Fsp3) is 0.733. The van der Waals surface area contributed by atoms with E-state index in [-0.39, 0.29) is 12.1 Å². The Morgan fingerprint density at radius 2 is 2.08 bits per heavy atom. The topological polar surface area (TPSA) is 63.5 Å². The van der Waals surface area contributed by atoms with E-state index in [4.69, 9.17) is 4.74 Å². The summed E-state index contributed by atoms with van der Waals surface area (Å²) < 4.78 is 45.3. The predicted octanol–water partition coefficient (Wildman–Crippen LogP) is 2.17. The smallest absolute Gasteiger partial charge is 0.381 e. The van der Waals surface area contributed by atoms with Crippen LogP contribution in [0.15, 0.2) is 11.2 Å². The highest BCUT2D eigenvalue weighted by Crippen LogP contribution is 2.30. The first-order chi connectivity index (χ1) is 11.2. The summed E-state index contributed by atoms with van der Waals surface area (Å²) in [7, 11) is 3.03. The summed E-state index contributed by atoms with van der Waals surface area (Å²) in [6, 6.07) is 0. The van der Waals surface area contributed by atoms with Crippen LogP contribution in [0, 0.1) is 5.92 Å². The van der Waals surface area contributed by atoms with Gasteiger partial charge in [0.2, 0.25) is 0 Å². The van der Waals surface area contributed by atoms with Crippen molar-refractivity contribution in [1.82, 2.24) is 20.4 Å². The maximum atomic E-state index is 12.9. The third-order valence-corrected chi connectivity index (χ3v) is 3.05. The van der Waals surface area contributed by atoms with Crippen LogP contribution in [-0.2, 0) is 24.5 Å². The molecule has 0 aliphatic carbocycles. The van der Waals surface area contributed by atoms with Crippen molar-refractivity contribution in [3.63, 3.8) is 0 Å². The fourth-order valence-electron chi connectivity index (χ4n) is 2.01. The van der Waals surface area contributed by atoms with Gasteiger partial charge in [-0.25, -0.2) is 0 Å². The highest BCUT2D eigenvalue weighted by Gasteiger charge is 2.36. The molecule has 0 saturated heterocycles. The molecule has 6 nitrogen and oxygen atoms in total. The Kier molecular flexibility index (Phi) is 8.03. The van der Waals surface area contributed by atoms with E-state index >= 15 is 0 Å². The van der Waals surface area contributed by atoms with Gasteiger partial charge in [-0.15, -0.1) is 0 Å². The maximum Gasteiger partial charge on any atom is 0.435 e. The molecule has 0 aromatic carbocycles. The minimum absolute atomic E-state index is 0.00773. The molecule has 24 heavy (non-hydrogen) atoms. The molecule has 0 fully saturated rings. The molecule has 0 bridgehead atoms. The van der Waals surface area contributed by atoms with E-state index in [0.717, 1.165) is 11.1 Å². The summed E-state index contributed by atoms with van der Waals surface area (Å²) in [5, 5.41) is 9.38. The van der Waals surface area contributed by atoms with E-state index in [1.807, 2.05) is 0 Å². The molecule has 9 heteroatoms. The van der Waals surface area contributed by atoms with Gasteiger partial charge < -0.3 is 15.4 Å². The number of rotatable bonds is 8. The first kappa shape index (κ1) is 20.3. The lowest BCUT2D eigenvalue weighted by Gasteiger charge is -2.13. The van der Waals surface area contributed by atoms with Gasteiger partial charge in [0.1, 0.15) is 0 Å². The lowest BCUT2D eigenvalue weighted by Crippen LogP contribution is -2.37. The summed E-state index contributed by atoms with van der Waals surface area (Å²) in [6.45, 7) is 6.12. The van der Waals surface area contributed by atoms with Gasteiger partial charge in [0.15, 0.2) is 11.7 Å².